The first kappa shape index (κ1) is 12.2. The number of aliphatic carboxylic acids is 1. The Balaban J connectivity index is 2.07. The Morgan fingerprint density at radius 1 is 1.47 bits per heavy atom. The molecule has 0 fully saturated rings. The lowest BCUT2D eigenvalue weighted by Crippen LogP contribution is -2.10. The quantitative estimate of drug-likeness (QED) is 0.852. The van der Waals surface area contributed by atoms with E-state index in [1.807, 2.05) is 0 Å². The Morgan fingerprint density at radius 3 is 2.89 bits per heavy atom. The summed E-state index contributed by atoms with van der Waals surface area (Å²) in [5.41, 5.74) is 1.70. The summed E-state index contributed by atoms with van der Waals surface area (Å²) in [4.78, 5) is 26.4. The van der Waals surface area contributed by atoms with Crippen molar-refractivity contribution in [1.82, 2.24) is 9.55 Å². The molecule has 1 aliphatic rings. The molecule has 98 valence electrons. The lowest BCUT2D eigenvalue weighted by atomic mass is 10.1. The number of H-pyrrole nitrogens is 1. The molecule has 2 aromatic rings. The standard InChI is InChI=1S/C13H11BrN2O3/c14-8-6-10-7(13(18)19)3-5-16(10)11(8)12(17)9-2-1-4-15-9/h1-2,4,6-7,15H,3,5H2,(H,18,19). The average Bonchev–Trinajstić information content (AvgIpc) is 3.01. The fourth-order valence-electron chi connectivity index (χ4n) is 2.55. The van der Waals surface area contributed by atoms with Crippen LogP contribution in [-0.4, -0.2) is 26.4 Å². The second-order valence-corrected chi connectivity index (χ2v) is 5.36. The molecule has 5 nitrogen and oxygen atoms in total. The van der Waals surface area contributed by atoms with E-state index in [1.54, 1.807) is 29.0 Å². The van der Waals surface area contributed by atoms with Crippen LogP contribution in [0.15, 0.2) is 28.9 Å². The van der Waals surface area contributed by atoms with Gasteiger partial charge in [0.25, 0.3) is 0 Å². The minimum atomic E-state index is -0.845. The van der Waals surface area contributed by atoms with Crippen LogP contribution in [0.1, 0.15) is 34.2 Å². The first-order chi connectivity index (χ1) is 9.09. The number of carboxylic acids is 1. The second kappa shape index (κ2) is 4.38. The number of nitrogens with one attached hydrogen (secondary N) is 1. The van der Waals surface area contributed by atoms with Crippen LogP contribution in [0.5, 0.6) is 0 Å². The molecule has 2 N–H and O–H groups in total. The van der Waals surface area contributed by atoms with Crippen molar-refractivity contribution in [3.05, 3.63) is 46.0 Å². The number of carboxylic acid groups (broad SMARTS) is 1. The zero-order chi connectivity index (χ0) is 13.6. The second-order valence-electron chi connectivity index (χ2n) is 4.51. The van der Waals surface area contributed by atoms with Crippen LogP contribution in [0.25, 0.3) is 0 Å². The van der Waals surface area contributed by atoms with Crippen molar-refractivity contribution in [2.75, 3.05) is 0 Å². The van der Waals surface area contributed by atoms with Crippen LogP contribution >= 0.6 is 15.9 Å². The maximum atomic E-state index is 12.4. The zero-order valence-electron chi connectivity index (χ0n) is 9.89. The maximum absolute atomic E-state index is 12.4. The third-order valence-electron chi connectivity index (χ3n) is 3.44. The molecule has 0 bridgehead atoms. The van der Waals surface area contributed by atoms with Crippen molar-refractivity contribution in [2.24, 2.45) is 0 Å². The summed E-state index contributed by atoms with van der Waals surface area (Å²) in [6, 6.07) is 5.20. The molecule has 0 saturated carbocycles. The number of carbonyl (C=O) groups is 2. The molecule has 1 unspecified atom stereocenters. The van der Waals surface area contributed by atoms with Gasteiger partial charge < -0.3 is 14.7 Å². The van der Waals surface area contributed by atoms with Crippen LogP contribution in [0, 0.1) is 0 Å². The smallest absolute Gasteiger partial charge is 0.312 e. The highest BCUT2D eigenvalue weighted by Crippen LogP contribution is 2.36. The molecule has 1 atom stereocenters. The van der Waals surface area contributed by atoms with Crippen LogP contribution in [0.3, 0.4) is 0 Å². The van der Waals surface area contributed by atoms with Crippen molar-refractivity contribution < 1.29 is 14.7 Å². The number of ketones is 1. The molecule has 1 aliphatic heterocycles. The van der Waals surface area contributed by atoms with Gasteiger partial charge in [0.05, 0.1) is 11.6 Å². The van der Waals surface area contributed by atoms with Gasteiger partial charge in [0.2, 0.25) is 5.78 Å². The first-order valence-corrected chi connectivity index (χ1v) is 6.68. The molecule has 0 spiro atoms. The number of hydrogen-bond acceptors (Lipinski definition) is 2. The number of aromatic nitrogens is 2. The van der Waals surface area contributed by atoms with Gasteiger partial charge in [-0.3, -0.25) is 9.59 Å². The highest BCUT2D eigenvalue weighted by Gasteiger charge is 2.33. The van der Waals surface area contributed by atoms with Gasteiger partial charge in [0, 0.05) is 22.9 Å². The first-order valence-electron chi connectivity index (χ1n) is 5.89. The van der Waals surface area contributed by atoms with E-state index in [9.17, 15) is 9.59 Å². The fraction of sp³-hybridized carbons (Fsp3) is 0.231. The van der Waals surface area contributed by atoms with E-state index in [1.165, 1.54) is 0 Å². The summed E-state index contributed by atoms with van der Waals surface area (Å²) < 4.78 is 2.44. The normalized spacial score (nSPS) is 17.4. The molecule has 0 amide bonds. The minimum Gasteiger partial charge on any atom is -0.481 e. The highest BCUT2D eigenvalue weighted by atomic mass is 79.9. The number of aromatic amines is 1. The van der Waals surface area contributed by atoms with E-state index in [0.717, 1.165) is 0 Å². The summed E-state index contributed by atoms with van der Waals surface area (Å²) in [6.45, 7) is 0.555. The lowest BCUT2D eigenvalue weighted by Gasteiger charge is -2.05. The Hall–Kier alpha value is -1.82. The molecule has 3 rings (SSSR count). The van der Waals surface area contributed by atoms with Gasteiger partial charge in [0.1, 0.15) is 5.69 Å². The van der Waals surface area contributed by atoms with Crippen molar-refractivity contribution in [3.8, 4) is 0 Å². The highest BCUT2D eigenvalue weighted by molar-refractivity contribution is 9.10. The number of hydrogen-bond donors (Lipinski definition) is 2. The molecule has 19 heavy (non-hydrogen) atoms. The number of fused-ring (bicyclic) bond motifs is 1. The minimum absolute atomic E-state index is 0.130. The predicted molar refractivity (Wildman–Crippen MR) is 71.4 cm³/mol. The van der Waals surface area contributed by atoms with Crippen LogP contribution in [0.2, 0.25) is 0 Å². The molecular formula is C13H11BrN2O3. The Bertz CT molecular complexity index is 658. The van der Waals surface area contributed by atoms with Gasteiger partial charge in [-0.15, -0.1) is 0 Å². The van der Waals surface area contributed by atoms with Crippen LogP contribution < -0.4 is 0 Å². The number of nitrogens with zero attached hydrogens (tertiary/aromatic N) is 1. The largest absolute Gasteiger partial charge is 0.481 e. The maximum Gasteiger partial charge on any atom is 0.312 e. The van der Waals surface area contributed by atoms with E-state index >= 15 is 0 Å². The summed E-state index contributed by atoms with van der Waals surface area (Å²) in [5, 5.41) is 9.16. The van der Waals surface area contributed by atoms with Gasteiger partial charge in [-0.05, 0) is 40.5 Å². The third kappa shape index (κ3) is 1.83. The summed E-state index contributed by atoms with van der Waals surface area (Å²) in [5.74, 6) is -1.50. The summed E-state index contributed by atoms with van der Waals surface area (Å²) in [7, 11) is 0. The van der Waals surface area contributed by atoms with E-state index in [4.69, 9.17) is 5.11 Å². The molecule has 2 aromatic heterocycles. The SMILES string of the molecule is O=C(c1ccc[nH]1)c1c(Br)cc2n1CCC2C(=O)O. The third-order valence-corrected chi connectivity index (χ3v) is 4.04. The molecular weight excluding hydrogens is 312 g/mol. The van der Waals surface area contributed by atoms with E-state index in [-0.39, 0.29) is 5.78 Å². The zero-order valence-corrected chi connectivity index (χ0v) is 11.5. The fourth-order valence-corrected chi connectivity index (χ4v) is 3.18. The molecule has 3 heterocycles. The van der Waals surface area contributed by atoms with Gasteiger partial charge in [0.15, 0.2) is 0 Å². The van der Waals surface area contributed by atoms with Crippen LogP contribution in [0.4, 0.5) is 0 Å². The van der Waals surface area contributed by atoms with Crippen molar-refractivity contribution in [2.45, 2.75) is 18.9 Å². The molecule has 0 radical (unpaired) electrons. The Morgan fingerprint density at radius 2 is 2.26 bits per heavy atom. The number of rotatable bonds is 3. The monoisotopic (exact) mass is 322 g/mol. The van der Waals surface area contributed by atoms with E-state index in [0.29, 0.717) is 34.5 Å². The summed E-state index contributed by atoms with van der Waals surface area (Å²) in [6.07, 6.45) is 2.22. The average molecular weight is 323 g/mol. The van der Waals surface area contributed by atoms with Crippen molar-refractivity contribution in [1.29, 1.82) is 0 Å². The van der Waals surface area contributed by atoms with Gasteiger partial charge in [-0.2, -0.15) is 0 Å². The molecule has 0 aromatic carbocycles. The van der Waals surface area contributed by atoms with Gasteiger partial charge >= 0.3 is 5.97 Å². The van der Waals surface area contributed by atoms with E-state index < -0.39 is 11.9 Å². The van der Waals surface area contributed by atoms with Gasteiger partial charge in [-0.25, -0.2) is 0 Å². The lowest BCUT2D eigenvalue weighted by molar-refractivity contribution is -0.138. The van der Waals surface area contributed by atoms with Crippen molar-refractivity contribution >= 4 is 27.7 Å². The predicted octanol–water partition coefficient (Wildman–Crippen LogP) is 2.38. The summed E-state index contributed by atoms with van der Waals surface area (Å²) >= 11 is 3.36. The van der Waals surface area contributed by atoms with Gasteiger partial charge in [-0.1, -0.05) is 0 Å². The topological polar surface area (TPSA) is 75.1 Å². The van der Waals surface area contributed by atoms with E-state index in [2.05, 4.69) is 20.9 Å². The van der Waals surface area contributed by atoms with Crippen molar-refractivity contribution in [3.63, 3.8) is 0 Å². The molecule has 0 aliphatic carbocycles. The Labute approximate surface area is 117 Å². The number of carbonyl (C=O) groups excluding carboxylic acids is 1. The number of halogens is 1. The molecule has 0 saturated heterocycles. The Kier molecular flexibility index (Phi) is 2.82. The molecule has 6 heteroatoms. The van der Waals surface area contributed by atoms with Crippen LogP contribution in [-0.2, 0) is 11.3 Å².